The van der Waals surface area contributed by atoms with Crippen LogP contribution in [-0.4, -0.2) is 18.9 Å². The first-order valence-electron chi connectivity index (χ1n) is 6.70. The van der Waals surface area contributed by atoms with Gasteiger partial charge in [-0.05, 0) is 24.6 Å². The highest BCUT2D eigenvalue weighted by Gasteiger charge is 2.16. The number of carbonyl (C=O) groups is 1. The summed E-state index contributed by atoms with van der Waals surface area (Å²) in [6.45, 7) is 2.52. The fourth-order valence-corrected chi connectivity index (χ4v) is 2.31. The summed E-state index contributed by atoms with van der Waals surface area (Å²) in [7, 11) is 1.60. The van der Waals surface area contributed by atoms with Crippen LogP contribution in [0.3, 0.4) is 0 Å². The van der Waals surface area contributed by atoms with E-state index in [4.69, 9.17) is 16.3 Å². The summed E-state index contributed by atoms with van der Waals surface area (Å²) < 4.78 is 5.22. The van der Waals surface area contributed by atoms with E-state index in [1.54, 1.807) is 12.0 Å². The Morgan fingerprint density at radius 2 is 1.95 bits per heavy atom. The van der Waals surface area contributed by atoms with Gasteiger partial charge in [0.25, 0.3) is 0 Å². The van der Waals surface area contributed by atoms with Gasteiger partial charge in [-0.15, -0.1) is 11.6 Å². The zero-order valence-corrected chi connectivity index (χ0v) is 12.9. The summed E-state index contributed by atoms with van der Waals surface area (Å²) in [6, 6.07) is 15.5. The van der Waals surface area contributed by atoms with Crippen LogP contribution in [0.25, 0.3) is 0 Å². The van der Waals surface area contributed by atoms with E-state index in [0.717, 1.165) is 16.8 Å². The second kappa shape index (κ2) is 7.14. The molecule has 3 nitrogen and oxygen atoms in total. The standard InChI is InChI=1S/C17H18ClNO2/c1-13-5-3-6-14(9-13)12-19(17(20)11-18)15-7-4-8-16(10-15)21-2/h3-10H,11-12H2,1-2H3. The van der Waals surface area contributed by atoms with Crippen molar-refractivity contribution in [3.63, 3.8) is 0 Å². The van der Waals surface area contributed by atoms with Gasteiger partial charge < -0.3 is 9.64 Å². The summed E-state index contributed by atoms with van der Waals surface area (Å²) in [6.07, 6.45) is 0. The number of methoxy groups -OCH3 is 1. The lowest BCUT2D eigenvalue weighted by Crippen LogP contribution is -2.31. The van der Waals surface area contributed by atoms with Crippen LogP contribution in [0.15, 0.2) is 48.5 Å². The maximum Gasteiger partial charge on any atom is 0.242 e. The molecule has 0 atom stereocenters. The van der Waals surface area contributed by atoms with Crippen molar-refractivity contribution in [3.05, 3.63) is 59.7 Å². The van der Waals surface area contributed by atoms with Gasteiger partial charge >= 0.3 is 0 Å². The number of alkyl halides is 1. The Balaban J connectivity index is 2.32. The molecule has 0 aromatic heterocycles. The summed E-state index contributed by atoms with van der Waals surface area (Å²) >= 11 is 5.75. The first-order chi connectivity index (χ1) is 10.1. The largest absolute Gasteiger partial charge is 0.497 e. The van der Waals surface area contributed by atoms with E-state index in [0.29, 0.717) is 12.3 Å². The lowest BCUT2D eigenvalue weighted by atomic mass is 10.1. The van der Waals surface area contributed by atoms with Crippen LogP contribution in [-0.2, 0) is 11.3 Å². The van der Waals surface area contributed by atoms with Crippen molar-refractivity contribution < 1.29 is 9.53 Å². The molecule has 0 fully saturated rings. The second-order valence-electron chi connectivity index (χ2n) is 4.80. The molecule has 0 aliphatic rings. The number of amides is 1. The molecule has 0 unspecified atom stereocenters. The van der Waals surface area contributed by atoms with Crippen molar-refractivity contribution in [2.45, 2.75) is 13.5 Å². The molecular weight excluding hydrogens is 286 g/mol. The third-order valence-electron chi connectivity index (χ3n) is 3.20. The van der Waals surface area contributed by atoms with Gasteiger partial charge in [-0.2, -0.15) is 0 Å². The first kappa shape index (κ1) is 15.4. The van der Waals surface area contributed by atoms with Gasteiger partial charge in [0.2, 0.25) is 5.91 Å². The van der Waals surface area contributed by atoms with E-state index in [2.05, 4.69) is 6.07 Å². The van der Waals surface area contributed by atoms with Gasteiger partial charge in [0, 0.05) is 11.8 Å². The summed E-state index contributed by atoms with van der Waals surface area (Å²) in [5.74, 6) is 0.527. The molecule has 0 N–H and O–H groups in total. The molecule has 0 bridgehead atoms. The van der Waals surface area contributed by atoms with Crippen LogP contribution in [0, 0.1) is 6.92 Å². The number of aryl methyl sites for hydroxylation is 1. The minimum Gasteiger partial charge on any atom is -0.497 e. The lowest BCUT2D eigenvalue weighted by Gasteiger charge is -2.22. The van der Waals surface area contributed by atoms with E-state index in [-0.39, 0.29) is 11.8 Å². The predicted octanol–water partition coefficient (Wildman–Crippen LogP) is 3.78. The zero-order chi connectivity index (χ0) is 15.2. The summed E-state index contributed by atoms with van der Waals surface area (Å²) in [5.41, 5.74) is 3.01. The highest BCUT2D eigenvalue weighted by molar-refractivity contribution is 6.29. The highest BCUT2D eigenvalue weighted by atomic mass is 35.5. The fraction of sp³-hybridized carbons (Fsp3) is 0.235. The van der Waals surface area contributed by atoms with E-state index >= 15 is 0 Å². The Labute approximate surface area is 130 Å². The molecule has 21 heavy (non-hydrogen) atoms. The SMILES string of the molecule is COc1cccc(N(Cc2cccc(C)c2)C(=O)CCl)c1. The van der Waals surface area contributed by atoms with Crippen LogP contribution in [0.5, 0.6) is 5.75 Å². The average molecular weight is 304 g/mol. The Morgan fingerprint density at radius 1 is 1.19 bits per heavy atom. The van der Waals surface area contributed by atoms with E-state index in [1.165, 1.54) is 0 Å². The molecule has 4 heteroatoms. The molecule has 0 aliphatic carbocycles. The molecule has 2 aromatic rings. The lowest BCUT2D eigenvalue weighted by molar-refractivity contribution is -0.116. The summed E-state index contributed by atoms with van der Waals surface area (Å²) in [5, 5.41) is 0. The Kier molecular flexibility index (Phi) is 5.23. The van der Waals surface area contributed by atoms with Gasteiger partial charge in [0.15, 0.2) is 0 Å². The molecule has 0 heterocycles. The predicted molar refractivity (Wildman–Crippen MR) is 86.1 cm³/mol. The highest BCUT2D eigenvalue weighted by Crippen LogP contribution is 2.23. The van der Waals surface area contributed by atoms with E-state index in [1.807, 2.05) is 49.4 Å². The van der Waals surface area contributed by atoms with Crippen molar-refractivity contribution in [2.75, 3.05) is 17.9 Å². The third-order valence-corrected chi connectivity index (χ3v) is 3.43. The third kappa shape index (κ3) is 3.99. The summed E-state index contributed by atoms with van der Waals surface area (Å²) in [4.78, 5) is 13.8. The van der Waals surface area contributed by atoms with Crippen LogP contribution < -0.4 is 9.64 Å². The van der Waals surface area contributed by atoms with Crippen molar-refractivity contribution in [1.82, 2.24) is 0 Å². The Bertz CT molecular complexity index is 628. The number of ether oxygens (including phenoxy) is 1. The molecule has 0 aliphatic heterocycles. The van der Waals surface area contributed by atoms with Crippen LogP contribution in [0.1, 0.15) is 11.1 Å². The van der Waals surface area contributed by atoms with Crippen molar-refractivity contribution in [3.8, 4) is 5.75 Å². The van der Waals surface area contributed by atoms with Gasteiger partial charge in [0.05, 0.1) is 13.7 Å². The molecule has 110 valence electrons. The van der Waals surface area contributed by atoms with Gasteiger partial charge in [0.1, 0.15) is 11.6 Å². The van der Waals surface area contributed by atoms with E-state index < -0.39 is 0 Å². The number of hydrogen-bond donors (Lipinski definition) is 0. The second-order valence-corrected chi connectivity index (χ2v) is 5.07. The quantitative estimate of drug-likeness (QED) is 0.787. The average Bonchev–Trinajstić information content (AvgIpc) is 2.52. The Hall–Kier alpha value is -2.00. The van der Waals surface area contributed by atoms with Crippen LogP contribution >= 0.6 is 11.6 Å². The van der Waals surface area contributed by atoms with Gasteiger partial charge in [-0.1, -0.05) is 35.9 Å². The van der Waals surface area contributed by atoms with Crippen LogP contribution in [0.4, 0.5) is 5.69 Å². The zero-order valence-electron chi connectivity index (χ0n) is 12.2. The number of nitrogens with zero attached hydrogens (tertiary/aromatic N) is 1. The fourth-order valence-electron chi connectivity index (χ4n) is 2.17. The molecule has 2 rings (SSSR count). The molecule has 0 saturated heterocycles. The molecule has 0 saturated carbocycles. The number of anilines is 1. The maximum absolute atomic E-state index is 12.2. The molecule has 1 amide bonds. The molecular formula is C17H18ClNO2. The Morgan fingerprint density at radius 3 is 2.62 bits per heavy atom. The minimum atomic E-state index is -0.133. The first-order valence-corrected chi connectivity index (χ1v) is 7.23. The number of hydrogen-bond acceptors (Lipinski definition) is 2. The minimum absolute atomic E-state index is 0.0526. The van der Waals surface area contributed by atoms with Crippen molar-refractivity contribution in [2.24, 2.45) is 0 Å². The van der Waals surface area contributed by atoms with Crippen molar-refractivity contribution >= 4 is 23.2 Å². The van der Waals surface area contributed by atoms with Gasteiger partial charge in [-0.3, -0.25) is 4.79 Å². The molecule has 0 spiro atoms. The van der Waals surface area contributed by atoms with Crippen LogP contribution in [0.2, 0.25) is 0 Å². The number of benzene rings is 2. The van der Waals surface area contributed by atoms with Gasteiger partial charge in [-0.25, -0.2) is 0 Å². The monoisotopic (exact) mass is 303 g/mol. The maximum atomic E-state index is 12.2. The number of rotatable bonds is 5. The normalized spacial score (nSPS) is 10.2. The van der Waals surface area contributed by atoms with Crippen molar-refractivity contribution in [1.29, 1.82) is 0 Å². The number of carbonyl (C=O) groups excluding carboxylic acids is 1. The molecule has 0 radical (unpaired) electrons. The smallest absolute Gasteiger partial charge is 0.242 e. The molecule has 2 aromatic carbocycles. The topological polar surface area (TPSA) is 29.5 Å². The number of halogens is 1. The van der Waals surface area contributed by atoms with E-state index in [9.17, 15) is 4.79 Å².